The van der Waals surface area contributed by atoms with Crippen LogP contribution in [0.3, 0.4) is 0 Å². The Morgan fingerprint density at radius 2 is 1.95 bits per heavy atom. The van der Waals surface area contributed by atoms with Gasteiger partial charge >= 0.3 is 0 Å². The second kappa shape index (κ2) is 7.22. The van der Waals surface area contributed by atoms with E-state index >= 15 is 0 Å². The van der Waals surface area contributed by atoms with Crippen LogP contribution in [0.2, 0.25) is 0 Å². The van der Waals surface area contributed by atoms with Crippen LogP contribution in [0.5, 0.6) is 0 Å². The molecule has 0 aromatic heterocycles. The summed E-state index contributed by atoms with van der Waals surface area (Å²) in [6.07, 6.45) is 0. The second-order valence-corrected chi connectivity index (χ2v) is 7.25. The van der Waals surface area contributed by atoms with Crippen molar-refractivity contribution in [1.29, 1.82) is 0 Å². The van der Waals surface area contributed by atoms with E-state index in [0.29, 0.717) is 4.58 Å². The average molecular weight is 296 g/mol. The molecule has 0 spiro atoms. The molecule has 1 N–H and O–H groups in total. The fourth-order valence-electron chi connectivity index (χ4n) is 1.94. The molecule has 1 heterocycles. The molecule has 0 aliphatic carbocycles. The zero-order valence-electron chi connectivity index (χ0n) is 11.4. The fourth-order valence-corrected chi connectivity index (χ4v) is 4.79. The minimum absolute atomic E-state index is 0.0912. The van der Waals surface area contributed by atoms with Crippen molar-refractivity contribution in [3.05, 3.63) is 35.4 Å². The normalized spacial score (nSPS) is 15.7. The lowest BCUT2D eigenvalue weighted by Gasteiger charge is -2.17. The molecule has 1 aromatic carbocycles. The highest BCUT2D eigenvalue weighted by Crippen LogP contribution is 2.45. The van der Waals surface area contributed by atoms with Crippen LogP contribution in [0.1, 0.15) is 20.5 Å². The van der Waals surface area contributed by atoms with Gasteiger partial charge in [-0.2, -0.15) is 0 Å². The zero-order valence-corrected chi connectivity index (χ0v) is 13.0. The maximum Gasteiger partial charge on any atom is 0.253 e. The molecule has 1 aliphatic rings. The third kappa shape index (κ3) is 3.91. The molecular formula is C14H20N2OS2. The van der Waals surface area contributed by atoms with Gasteiger partial charge in [-0.3, -0.25) is 4.79 Å². The third-order valence-corrected chi connectivity index (χ3v) is 6.20. The van der Waals surface area contributed by atoms with Crippen LogP contribution in [0, 0.1) is 0 Å². The van der Waals surface area contributed by atoms with Crippen LogP contribution in [0.4, 0.5) is 0 Å². The van der Waals surface area contributed by atoms with Crippen molar-refractivity contribution in [2.45, 2.75) is 4.58 Å². The Bertz CT molecular complexity index is 416. The van der Waals surface area contributed by atoms with E-state index in [0.717, 1.165) is 18.7 Å². The Morgan fingerprint density at radius 1 is 1.32 bits per heavy atom. The SMILES string of the molecule is CNCCN(C)C(=O)c1ccc(C2SCCS2)cc1. The van der Waals surface area contributed by atoms with Gasteiger partial charge in [0, 0.05) is 37.2 Å². The van der Waals surface area contributed by atoms with Crippen LogP contribution in [0.25, 0.3) is 0 Å². The largest absolute Gasteiger partial charge is 0.340 e. The summed E-state index contributed by atoms with van der Waals surface area (Å²) in [6.45, 7) is 1.54. The summed E-state index contributed by atoms with van der Waals surface area (Å²) in [5, 5.41) is 3.05. The minimum Gasteiger partial charge on any atom is -0.340 e. The number of carbonyl (C=O) groups excluding carboxylic acids is 1. The van der Waals surface area contributed by atoms with E-state index in [2.05, 4.69) is 17.4 Å². The predicted octanol–water partition coefficient (Wildman–Crippen LogP) is 2.46. The summed E-state index contributed by atoms with van der Waals surface area (Å²) in [5.41, 5.74) is 2.09. The van der Waals surface area contributed by atoms with Crippen molar-refractivity contribution in [3.63, 3.8) is 0 Å². The van der Waals surface area contributed by atoms with Gasteiger partial charge in [0.1, 0.15) is 0 Å². The Labute approximate surface area is 123 Å². The standard InChI is InChI=1S/C14H20N2OS2/c1-15-7-8-16(2)13(17)11-3-5-12(6-4-11)14-18-9-10-19-14/h3-6,14-15H,7-10H2,1-2H3. The first-order valence-corrected chi connectivity index (χ1v) is 8.55. The Morgan fingerprint density at radius 3 is 2.53 bits per heavy atom. The summed E-state index contributed by atoms with van der Waals surface area (Å²) in [4.78, 5) is 13.9. The first kappa shape index (κ1) is 14.8. The van der Waals surface area contributed by atoms with Crippen LogP contribution < -0.4 is 5.32 Å². The van der Waals surface area contributed by atoms with Gasteiger partial charge in [0.2, 0.25) is 0 Å². The number of benzene rings is 1. The molecular weight excluding hydrogens is 276 g/mol. The number of carbonyl (C=O) groups is 1. The first-order valence-electron chi connectivity index (χ1n) is 6.45. The number of nitrogens with zero attached hydrogens (tertiary/aromatic N) is 1. The molecule has 1 aromatic rings. The highest BCUT2D eigenvalue weighted by Gasteiger charge is 2.18. The minimum atomic E-state index is 0.0912. The summed E-state index contributed by atoms with van der Waals surface area (Å²) in [5.74, 6) is 2.54. The summed E-state index contributed by atoms with van der Waals surface area (Å²) in [6, 6.07) is 8.09. The molecule has 2 rings (SSSR count). The first-order chi connectivity index (χ1) is 9.22. The molecule has 3 nitrogen and oxygen atoms in total. The van der Waals surface area contributed by atoms with E-state index in [1.807, 2.05) is 49.8 Å². The summed E-state index contributed by atoms with van der Waals surface area (Å²) < 4.78 is 0.547. The van der Waals surface area contributed by atoms with Crippen molar-refractivity contribution in [2.24, 2.45) is 0 Å². The maximum absolute atomic E-state index is 12.2. The Balaban J connectivity index is 1.99. The quantitative estimate of drug-likeness (QED) is 0.904. The van der Waals surface area contributed by atoms with Gasteiger partial charge in [-0.25, -0.2) is 0 Å². The van der Waals surface area contributed by atoms with Crippen molar-refractivity contribution in [3.8, 4) is 0 Å². The van der Waals surface area contributed by atoms with E-state index in [1.54, 1.807) is 4.90 Å². The van der Waals surface area contributed by atoms with Crippen molar-refractivity contribution >= 4 is 29.4 Å². The van der Waals surface area contributed by atoms with Crippen molar-refractivity contribution in [1.82, 2.24) is 10.2 Å². The van der Waals surface area contributed by atoms with Gasteiger partial charge in [-0.15, -0.1) is 23.5 Å². The molecule has 0 radical (unpaired) electrons. The number of hydrogen-bond acceptors (Lipinski definition) is 4. The number of likely N-dealkylation sites (N-methyl/N-ethyl adjacent to an activating group) is 2. The van der Waals surface area contributed by atoms with E-state index in [4.69, 9.17) is 0 Å². The highest BCUT2D eigenvalue weighted by molar-refractivity contribution is 8.19. The Kier molecular flexibility index (Phi) is 5.60. The molecule has 104 valence electrons. The molecule has 0 bridgehead atoms. The highest BCUT2D eigenvalue weighted by atomic mass is 32.2. The molecule has 0 saturated carbocycles. The van der Waals surface area contributed by atoms with Crippen molar-refractivity contribution < 1.29 is 4.79 Å². The number of thioether (sulfide) groups is 2. The lowest BCUT2D eigenvalue weighted by Crippen LogP contribution is -2.32. The van der Waals surface area contributed by atoms with Gasteiger partial charge in [-0.05, 0) is 24.7 Å². The van der Waals surface area contributed by atoms with Gasteiger partial charge in [-0.1, -0.05) is 12.1 Å². The maximum atomic E-state index is 12.2. The summed E-state index contributed by atoms with van der Waals surface area (Å²) in [7, 11) is 3.74. The lowest BCUT2D eigenvalue weighted by molar-refractivity contribution is 0.0797. The lowest BCUT2D eigenvalue weighted by atomic mass is 10.1. The van der Waals surface area contributed by atoms with Crippen LogP contribution in [0.15, 0.2) is 24.3 Å². The summed E-state index contributed by atoms with van der Waals surface area (Å²) >= 11 is 3.97. The van der Waals surface area contributed by atoms with Crippen molar-refractivity contribution in [2.75, 3.05) is 38.7 Å². The van der Waals surface area contributed by atoms with Gasteiger partial charge in [0.25, 0.3) is 5.91 Å². The van der Waals surface area contributed by atoms with Gasteiger partial charge in [0.05, 0.1) is 4.58 Å². The van der Waals surface area contributed by atoms with Crippen LogP contribution in [-0.2, 0) is 0 Å². The van der Waals surface area contributed by atoms with Gasteiger partial charge < -0.3 is 10.2 Å². The topological polar surface area (TPSA) is 32.3 Å². The molecule has 5 heteroatoms. The second-order valence-electron chi connectivity index (χ2n) is 4.53. The zero-order chi connectivity index (χ0) is 13.7. The molecule has 1 aliphatic heterocycles. The third-order valence-electron chi connectivity index (χ3n) is 3.10. The molecule has 0 unspecified atom stereocenters. The van der Waals surface area contributed by atoms with E-state index in [1.165, 1.54) is 17.1 Å². The number of rotatable bonds is 5. The molecule has 1 fully saturated rings. The monoisotopic (exact) mass is 296 g/mol. The van der Waals surface area contributed by atoms with Crippen LogP contribution >= 0.6 is 23.5 Å². The smallest absolute Gasteiger partial charge is 0.253 e. The molecule has 0 atom stereocenters. The fraction of sp³-hybridized carbons (Fsp3) is 0.500. The van der Waals surface area contributed by atoms with E-state index in [-0.39, 0.29) is 5.91 Å². The van der Waals surface area contributed by atoms with Crippen LogP contribution in [-0.4, -0.2) is 49.5 Å². The van der Waals surface area contributed by atoms with E-state index in [9.17, 15) is 4.79 Å². The molecule has 1 saturated heterocycles. The van der Waals surface area contributed by atoms with E-state index < -0.39 is 0 Å². The number of amides is 1. The van der Waals surface area contributed by atoms with Gasteiger partial charge in [0.15, 0.2) is 0 Å². The molecule has 19 heavy (non-hydrogen) atoms. The number of hydrogen-bond donors (Lipinski definition) is 1. The predicted molar refractivity (Wildman–Crippen MR) is 85.0 cm³/mol. The average Bonchev–Trinajstić information content (AvgIpc) is 2.98. The number of nitrogens with one attached hydrogen (secondary N) is 1. The molecule has 1 amide bonds. The Hall–Kier alpha value is -0.650.